The number of ether oxygens (including phenoxy) is 1. The van der Waals surface area contributed by atoms with Crippen LogP contribution in [0.25, 0.3) is 0 Å². The topological polar surface area (TPSA) is 41.6 Å². The van der Waals surface area contributed by atoms with E-state index in [4.69, 9.17) is 4.74 Å². The maximum atomic E-state index is 13.1. The zero-order valence-corrected chi connectivity index (χ0v) is 12.7. The van der Waals surface area contributed by atoms with Gasteiger partial charge in [-0.3, -0.25) is 4.79 Å². The van der Waals surface area contributed by atoms with E-state index in [9.17, 15) is 4.79 Å². The summed E-state index contributed by atoms with van der Waals surface area (Å²) in [5, 5.41) is 3.44. The summed E-state index contributed by atoms with van der Waals surface area (Å²) >= 11 is 0. The molecule has 0 aromatic heterocycles. The molecule has 2 aromatic rings. The van der Waals surface area contributed by atoms with Gasteiger partial charge >= 0.3 is 0 Å². The van der Waals surface area contributed by atoms with E-state index in [2.05, 4.69) is 11.4 Å². The molecule has 1 N–H and O–H groups in total. The van der Waals surface area contributed by atoms with Gasteiger partial charge in [-0.05, 0) is 42.7 Å². The monoisotopic (exact) mass is 294 g/mol. The number of hydrogen-bond donors (Lipinski definition) is 1. The standard InChI is InChI=1S/C18H18N2O2/c1-11-7-15-14(9-17(11)22-2)18(21)20-13(10-19-15)8-12-5-3-4-6-16(12)20/h3-7,9,13,19H,8,10H2,1-2H3/t13-/m0/s1. The van der Waals surface area contributed by atoms with Gasteiger partial charge in [0.05, 0.1) is 18.7 Å². The summed E-state index contributed by atoms with van der Waals surface area (Å²) in [4.78, 5) is 15.0. The van der Waals surface area contributed by atoms with Crippen molar-refractivity contribution in [1.29, 1.82) is 0 Å². The minimum atomic E-state index is 0.0493. The molecule has 4 heteroatoms. The molecule has 1 amide bonds. The summed E-state index contributed by atoms with van der Waals surface area (Å²) in [6.45, 7) is 2.76. The van der Waals surface area contributed by atoms with Gasteiger partial charge in [-0.2, -0.15) is 0 Å². The van der Waals surface area contributed by atoms with Crippen LogP contribution in [0.15, 0.2) is 36.4 Å². The summed E-state index contributed by atoms with van der Waals surface area (Å²) in [6, 6.07) is 12.2. The fourth-order valence-corrected chi connectivity index (χ4v) is 3.49. The highest BCUT2D eigenvalue weighted by atomic mass is 16.5. The summed E-state index contributed by atoms with van der Waals surface area (Å²) in [5.41, 5.74) is 4.89. The van der Waals surface area contributed by atoms with Crippen molar-refractivity contribution in [3.8, 4) is 5.75 Å². The molecular weight excluding hydrogens is 276 g/mol. The lowest BCUT2D eigenvalue weighted by Crippen LogP contribution is -2.39. The van der Waals surface area contributed by atoms with E-state index in [1.807, 2.05) is 42.2 Å². The second kappa shape index (κ2) is 4.77. The van der Waals surface area contributed by atoms with Crippen molar-refractivity contribution in [1.82, 2.24) is 0 Å². The van der Waals surface area contributed by atoms with E-state index >= 15 is 0 Å². The number of anilines is 2. The fourth-order valence-electron chi connectivity index (χ4n) is 3.49. The number of carbonyl (C=O) groups excluding carboxylic acids is 1. The second-order valence-electron chi connectivity index (χ2n) is 5.91. The molecule has 2 aliphatic rings. The number of nitrogens with one attached hydrogen (secondary N) is 1. The molecule has 0 unspecified atom stereocenters. The Morgan fingerprint density at radius 1 is 1.27 bits per heavy atom. The van der Waals surface area contributed by atoms with Gasteiger partial charge in [0.1, 0.15) is 5.75 Å². The van der Waals surface area contributed by atoms with Gasteiger partial charge in [0.2, 0.25) is 0 Å². The van der Waals surface area contributed by atoms with E-state index in [1.165, 1.54) is 5.56 Å². The van der Waals surface area contributed by atoms with Crippen LogP contribution in [0.3, 0.4) is 0 Å². The molecule has 0 bridgehead atoms. The van der Waals surface area contributed by atoms with Crippen molar-refractivity contribution < 1.29 is 9.53 Å². The normalized spacial score (nSPS) is 18.9. The first-order chi connectivity index (χ1) is 10.7. The molecule has 0 saturated heterocycles. The van der Waals surface area contributed by atoms with Gasteiger partial charge in [-0.1, -0.05) is 18.2 Å². The van der Waals surface area contributed by atoms with Crippen molar-refractivity contribution in [2.75, 3.05) is 23.9 Å². The smallest absolute Gasteiger partial charge is 0.260 e. The third-order valence-electron chi connectivity index (χ3n) is 4.58. The summed E-state index contributed by atoms with van der Waals surface area (Å²) < 4.78 is 5.38. The Balaban J connectivity index is 1.85. The zero-order chi connectivity index (χ0) is 15.3. The minimum absolute atomic E-state index is 0.0493. The SMILES string of the molecule is COc1cc2c(cc1C)NC[C@@H]1Cc3ccccc3N1C2=O. The average Bonchev–Trinajstić information content (AvgIpc) is 2.84. The average molecular weight is 294 g/mol. The summed E-state index contributed by atoms with van der Waals surface area (Å²) in [6.07, 6.45) is 0.902. The number of benzene rings is 2. The van der Waals surface area contributed by atoms with E-state index in [0.29, 0.717) is 5.56 Å². The number of amides is 1. The molecule has 4 rings (SSSR count). The minimum Gasteiger partial charge on any atom is -0.496 e. The first kappa shape index (κ1) is 13.2. The van der Waals surface area contributed by atoms with Gasteiger partial charge in [-0.25, -0.2) is 0 Å². The van der Waals surface area contributed by atoms with Crippen molar-refractivity contribution in [2.45, 2.75) is 19.4 Å². The Morgan fingerprint density at radius 3 is 2.91 bits per heavy atom. The maximum absolute atomic E-state index is 13.1. The molecule has 112 valence electrons. The van der Waals surface area contributed by atoms with Crippen LogP contribution in [0, 0.1) is 6.92 Å². The third kappa shape index (κ3) is 1.80. The number of methoxy groups -OCH3 is 1. The highest BCUT2D eigenvalue weighted by molar-refractivity contribution is 6.12. The predicted molar refractivity (Wildman–Crippen MR) is 87.0 cm³/mol. The molecule has 0 fully saturated rings. The predicted octanol–water partition coefficient (Wildman–Crippen LogP) is 3.00. The van der Waals surface area contributed by atoms with Crippen LogP contribution in [0.1, 0.15) is 21.5 Å². The highest BCUT2D eigenvalue weighted by Gasteiger charge is 2.37. The van der Waals surface area contributed by atoms with Crippen LogP contribution in [0.2, 0.25) is 0 Å². The number of hydrogen-bond acceptors (Lipinski definition) is 3. The number of nitrogens with zero attached hydrogens (tertiary/aromatic N) is 1. The van der Waals surface area contributed by atoms with E-state index < -0.39 is 0 Å². The number of para-hydroxylation sites is 1. The van der Waals surface area contributed by atoms with Gasteiger partial charge in [0, 0.05) is 17.9 Å². The molecule has 0 aliphatic carbocycles. The highest BCUT2D eigenvalue weighted by Crippen LogP contribution is 2.38. The Hall–Kier alpha value is -2.49. The van der Waals surface area contributed by atoms with Crippen LogP contribution in [0.4, 0.5) is 11.4 Å². The quantitative estimate of drug-likeness (QED) is 0.879. The second-order valence-corrected chi connectivity index (χ2v) is 5.91. The lowest BCUT2D eigenvalue weighted by atomic mass is 10.1. The van der Waals surface area contributed by atoms with Gasteiger partial charge in [-0.15, -0.1) is 0 Å². The number of aryl methyl sites for hydroxylation is 1. The lowest BCUT2D eigenvalue weighted by molar-refractivity contribution is 0.0983. The summed E-state index contributed by atoms with van der Waals surface area (Å²) in [7, 11) is 1.64. The Kier molecular flexibility index (Phi) is 2.86. The number of fused-ring (bicyclic) bond motifs is 4. The van der Waals surface area contributed by atoms with Crippen LogP contribution in [0.5, 0.6) is 5.75 Å². The third-order valence-corrected chi connectivity index (χ3v) is 4.58. The molecule has 22 heavy (non-hydrogen) atoms. The lowest BCUT2D eigenvalue weighted by Gasteiger charge is -2.22. The van der Waals surface area contributed by atoms with E-state index in [-0.39, 0.29) is 11.9 Å². The van der Waals surface area contributed by atoms with Crippen LogP contribution in [-0.4, -0.2) is 25.6 Å². The molecule has 1 atom stereocenters. The molecule has 0 saturated carbocycles. The molecule has 2 heterocycles. The summed E-state index contributed by atoms with van der Waals surface area (Å²) in [5.74, 6) is 0.799. The first-order valence-electron chi connectivity index (χ1n) is 7.53. The Morgan fingerprint density at radius 2 is 2.09 bits per heavy atom. The first-order valence-corrected chi connectivity index (χ1v) is 7.53. The van der Waals surface area contributed by atoms with Crippen LogP contribution >= 0.6 is 0 Å². The van der Waals surface area contributed by atoms with Crippen LogP contribution < -0.4 is 15.0 Å². The molecule has 4 nitrogen and oxygen atoms in total. The molecular formula is C18H18N2O2. The van der Waals surface area contributed by atoms with Crippen molar-refractivity contribution in [3.63, 3.8) is 0 Å². The van der Waals surface area contributed by atoms with Gasteiger partial charge < -0.3 is 15.0 Å². The van der Waals surface area contributed by atoms with Crippen LogP contribution in [-0.2, 0) is 6.42 Å². The molecule has 2 aromatic carbocycles. The Labute approximate surface area is 129 Å². The number of rotatable bonds is 1. The van der Waals surface area contributed by atoms with Crippen molar-refractivity contribution in [2.24, 2.45) is 0 Å². The van der Waals surface area contributed by atoms with Gasteiger partial charge in [0.15, 0.2) is 0 Å². The molecule has 2 aliphatic heterocycles. The zero-order valence-electron chi connectivity index (χ0n) is 12.7. The number of carbonyl (C=O) groups is 1. The molecule has 0 radical (unpaired) electrons. The van der Waals surface area contributed by atoms with E-state index in [1.54, 1.807) is 7.11 Å². The van der Waals surface area contributed by atoms with E-state index in [0.717, 1.165) is 35.7 Å². The Bertz CT molecular complexity index is 770. The molecule has 0 spiro atoms. The largest absolute Gasteiger partial charge is 0.496 e. The van der Waals surface area contributed by atoms with Crippen molar-refractivity contribution >= 4 is 17.3 Å². The van der Waals surface area contributed by atoms with Gasteiger partial charge in [0.25, 0.3) is 5.91 Å². The van der Waals surface area contributed by atoms with Crippen molar-refractivity contribution in [3.05, 3.63) is 53.1 Å². The fraction of sp³-hybridized carbons (Fsp3) is 0.278. The maximum Gasteiger partial charge on any atom is 0.260 e.